The Kier molecular flexibility index (Phi) is 99.0. The molecule has 0 aliphatic rings. The van der Waals surface area contributed by atoms with Crippen molar-refractivity contribution in [1.29, 1.82) is 0 Å². The van der Waals surface area contributed by atoms with Gasteiger partial charge in [-0.15, -0.1) is 0 Å². The first kappa shape index (κ1) is 17.4. The second-order valence-corrected chi connectivity index (χ2v) is 0. The summed E-state index contributed by atoms with van der Waals surface area (Å²) in [4.78, 5) is 0. The molecule has 0 spiro atoms. The first-order valence-electron chi connectivity index (χ1n) is 0.204. The molecule has 0 fully saturated rings. The predicted molar refractivity (Wildman–Crippen MR) is 21.4 cm³/mol. The molecule has 19 valence electrons. The summed E-state index contributed by atoms with van der Waals surface area (Å²) >= 11 is 3.89. The normalized spacial score (nSPS) is 1.00. The fourth-order valence-corrected chi connectivity index (χ4v) is 0. The summed E-state index contributed by atoms with van der Waals surface area (Å²) in [6, 6.07) is 0. The minimum atomic E-state index is 0. The molecule has 0 aliphatic heterocycles. The van der Waals surface area contributed by atoms with Gasteiger partial charge in [0, 0.05) is 36.2 Å². The van der Waals surface area contributed by atoms with Gasteiger partial charge in [-0.2, -0.15) is 0 Å². The smallest absolute Gasteiger partial charge is 0 e. The molecule has 4 heteroatoms. The van der Waals surface area contributed by atoms with Crippen LogP contribution in [0, 0.1) is 0 Å². The summed E-state index contributed by atoms with van der Waals surface area (Å²) in [6.45, 7) is 0. The molecule has 0 N–H and O–H groups in total. The van der Waals surface area contributed by atoms with Crippen LogP contribution in [0.25, 0.3) is 0 Å². The Morgan fingerprint density at radius 1 is 1.25 bits per heavy atom. The van der Waals surface area contributed by atoms with E-state index in [-0.39, 0.29) is 36.2 Å². The molecule has 0 unspecified atom stereocenters. The Morgan fingerprint density at radius 3 is 1.25 bits per heavy atom. The first-order chi connectivity index (χ1) is 1.00. The van der Waals surface area contributed by atoms with Crippen molar-refractivity contribution in [3.05, 3.63) is 0 Å². The number of hydrogen-bond acceptors (Lipinski definition) is 1. The molecule has 0 rings (SSSR count). The topological polar surface area (TPSA) is 0 Å². The maximum absolute atomic E-state index is 3.89. The van der Waals surface area contributed by atoms with Crippen LogP contribution < -0.4 is 0 Å². The fourth-order valence-electron chi connectivity index (χ4n) is 0. The third-order valence-corrected chi connectivity index (χ3v) is 0. The molecule has 0 aromatic carbocycles. The SMILES string of the molecule is P=S.[Cr].[Li]. The van der Waals surface area contributed by atoms with Crippen LogP contribution in [0.3, 0.4) is 0 Å². The molecule has 0 amide bonds. The largest absolute Gasteiger partial charge is 0.0615 e. The zero-order chi connectivity index (χ0) is 2.00. The van der Waals surface area contributed by atoms with E-state index in [1.165, 1.54) is 0 Å². The van der Waals surface area contributed by atoms with Gasteiger partial charge in [0.25, 0.3) is 0 Å². The fraction of sp³-hybridized carbons (Fsp3) is 0. The zero-order valence-corrected chi connectivity index (χ0v) is 5.41. The summed E-state index contributed by atoms with van der Waals surface area (Å²) in [5.41, 5.74) is 0. The van der Waals surface area contributed by atoms with Gasteiger partial charge < -0.3 is 0 Å². The van der Waals surface area contributed by atoms with E-state index in [1.807, 2.05) is 0 Å². The van der Waals surface area contributed by atoms with Crippen LogP contribution in [0.2, 0.25) is 0 Å². The maximum Gasteiger partial charge on any atom is 0 e. The molecule has 0 aromatic heterocycles. The first-order valence-corrected chi connectivity index (χ1v) is 1.84. The molecule has 0 aromatic rings. The van der Waals surface area contributed by atoms with Crippen LogP contribution in [0.4, 0.5) is 0 Å². The van der Waals surface area contributed by atoms with E-state index in [9.17, 15) is 0 Å². The van der Waals surface area contributed by atoms with Gasteiger partial charge in [0.15, 0.2) is 0 Å². The van der Waals surface area contributed by atoms with Gasteiger partial charge in [-0.3, -0.25) is 0 Å². The Morgan fingerprint density at radius 2 is 1.25 bits per heavy atom. The van der Waals surface area contributed by atoms with Crippen molar-refractivity contribution >= 4 is 38.7 Å². The van der Waals surface area contributed by atoms with Gasteiger partial charge in [0.2, 0.25) is 0 Å². The molecule has 0 atom stereocenters. The Balaban J connectivity index is -0.00000000500. The third kappa shape index (κ3) is 9.42. The zero-order valence-electron chi connectivity index (χ0n) is 2.32. The summed E-state index contributed by atoms with van der Waals surface area (Å²) in [5.74, 6) is 0. The van der Waals surface area contributed by atoms with Crippen molar-refractivity contribution < 1.29 is 17.4 Å². The Hall–Kier alpha value is 1.65. The van der Waals surface area contributed by atoms with Crippen molar-refractivity contribution in [2.45, 2.75) is 0 Å². The van der Waals surface area contributed by atoms with E-state index in [1.54, 1.807) is 0 Å². The molecule has 0 nitrogen and oxygen atoms in total. The number of hydrogen-bond donors (Lipinski definition) is 0. The summed E-state index contributed by atoms with van der Waals surface area (Å²) < 4.78 is 0. The quantitative estimate of drug-likeness (QED) is 0.327. The van der Waals surface area contributed by atoms with Crippen molar-refractivity contribution in [1.82, 2.24) is 0 Å². The van der Waals surface area contributed by atoms with Crippen LogP contribution in [-0.4, -0.2) is 18.9 Å². The summed E-state index contributed by atoms with van der Waals surface area (Å²) in [6.07, 6.45) is 0. The van der Waals surface area contributed by atoms with Crippen molar-refractivity contribution in [3.8, 4) is 0 Å². The Labute approximate surface area is 55.9 Å². The molecular weight excluding hydrogens is 122 g/mol. The van der Waals surface area contributed by atoms with Crippen LogP contribution in [-0.2, 0) is 29.2 Å². The summed E-state index contributed by atoms with van der Waals surface area (Å²) in [5, 5.41) is 0. The van der Waals surface area contributed by atoms with Crippen LogP contribution in [0.5, 0.6) is 0 Å². The van der Waals surface area contributed by atoms with E-state index < -0.39 is 0 Å². The molecule has 1 radical (unpaired) electrons. The second-order valence-electron chi connectivity index (χ2n) is 0. The van der Waals surface area contributed by atoms with E-state index in [4.69, 9.17) is 0 Å². The van der Waals surface area contributed by atoms with Crippen LogP contribution in [0.1, 0.15) is 0 Å². The molecule has 0 bridgehead atoms. The van der Waals surface area contributed by atoms with E-state index >= 15 is 0 Å². The molecule has 0 saturated carbocycles. The van der Waals surface area contributed by atoms with Crippen molar-refractivity contribution in [3.63, 3.8) is 0 Å². The van der Waals surface area contributed by atoms with Crippen molar-refractivity contribution in [2.24, 2.45) is 0 Å². The van der Waals surface area contributed by atoms with Gasteiger partial charge in [-0.25, -0.2) is 0 Å². The second kappa shape index (κ2) is 22.8. The molecule has 0 heterocycles. The average molecular weight is 123 g/mol. The number of rotatable bonds is 0. The average Bonchev–Trinajstić information content (AvgIpc) is 1.00. The van der Waals surface area contributed by atoms with Gasteiger partial charge in [-0.1, -0.05) is 11.8 Å². The van der Waals surface area contributed by atoms with Gasteiger partial charge in [-0.05, 0) is 8.02 Å². The van der Waals surface area contributed by atoms with E-state index in [0.717, 1.165) is 0 Å². The van der Waals surface area contributed by atoms with Crippen LogP contribution in [0.15, 0.2) is 0 Å². The molecule has 4 heavy (non-hydrogen) atoms. The summed E-state index contributed by atoms with van der Waals surface area (Å²) in [7, 11) is 2.56. The predicted octanol–water partition coefficient (Wildman–Crippen LogP) is 0.208. The van der Waals surface area contributed by atoms with Crippen LogP contribution >= 0.6 is 8.02 Å². The molecular formula is HCrLiPS. The monoisotopic (exact) mass is 123 g/mol. The van der Waals surface area contributed by atoms with Gasteiger partial charge in [0.05, 0.1) is 0 Å². The maximum atomic E-state index is 3.89. The molecule has 0 saturated heterocycles. The van der Waals surface area contributed by atoms with E-state index in [2.05, 4.69) is 19.8 Å². The minimum absolute atomic E-state index is 0. The standard InChI is InChI=1S/Cr.Li.HPS/c;;1-2/h;;1H. The van der Waals surface area contributed by atoms with E-state index in [0.29, 0.717) is 0 Å². The van der Waals surface area contributed by atoms with Gasteiger partial charge >= 0.3 is 0 Å². The Bertz CT molecular complexity index is 8.00. The third-order valence-electron chi connectivity index (χ3n) is 0. The minimum Gasteiger partial charge on any atom is -0.0615 e. The van der Waals surface area contributed by atoms with Crippen molar-refractivity contribution in [2.75, 3.05) is 0 Å². The molecule has 0 aliphatic carbocycles. The van der Waals surface area contributed by atoms with Gasteiger partial charge in [0.1, 0.15) is 0 Å².